The molecule has 31 heavy (non-hydrogen) atoms. The zero-order valence-corrected chi connectivity index (χ0v) is 17.9. The minimum atomic E-state index is -0.861. The van der Waals surface area contributed by atoms with E-state index >= 15 is 0 Å². The van der Waals surface area contributed by atoms with Gasteiger partial charge in [-0.05, 0) is 36.5 Å². The van der Waals surface area contributed by atoms with Crippen molar-refractivity contribution in [3.8, 4) is 0 Å². The Morgan fingerprint density at radius 2 is 1.32 bits per heavy atom. The molecule has 3 aromatic carbocycles. The Balaban J connectivity index is 1.52. The largest absolute Gasteiger partial charge is 0.456 e. The van der Waals surface area contributed by atoms with Gasteiger partial charge < -0.3 is 9.84 Å². The lowest BCUT2D eigenvalue weighted by Gasteiger charge is -2.41. The van der Waals surface area contributed by atoms with Gasteiger partial charge in [0.25, 0.3) is 0 Å². The highest BCUT2D eigenvalue weighted by Crippen LogP contribution is 2.36. The number of carbonyl (C=O) groups excluding carboxylic acids is 1. The minimum absolute atomic E-state index is 0.257. The van der Waals surface area contributed by atoms with E-state index in [4.69, 9.17) is 4.74 Å². The van der Waals surface area contributed by atoms with Crippen LogP contribution in [-0.2, 0) is 15.1 Å². The Hall–Kier alpha value is -2.95. The highest BCUT2D eigenvalue weighted by Gasteiger charge is 2.39. The molecule has 4 rings (SSSR count). The van der Waals surface area contributed by atoms with E-state index in [0.29, 0.717) is 25.9 Å². The standard InChI is InChI=1S/C27H29NO3/c1-21(22-11-5-2-6-12-22)31-26(29)25(23-13-7-3-8-14-23)28-19-17-27(30,18-20-28)24-15-9-4-10-16-24/h2-16,21,25,30H,17-20H2,1H3/t21-,25?/m1/s1. The lowest BCUT2D eigenvalue weighted by Crippen LogP contribution is -2.46. The predicted octanol–water partition coefficient (Wildman–Crippen LogP) is 5.02. The molecule has 0 saturated carbocycles. The van der Waals surface area contributed by atoms with Crippen LogP contribution in [0.2, 0.25) is 0 Å². The second-order valence-electron chi connectivity index (χ2n) is 8.24. The summed E-state index contributed by atoms with van der Waals surface area (Å²) in [5, 5.41) is 11.2. The van der Waals surface area contributed by atoms with Crippen LogP contribution in [0.5, 0.6) is 0 Å². The molecule has 3 aromatic rings. The fraction of sp³-hybridized carbons (Fsp3) is 0.296. The summed E-state index contributed by atoms with van der Waals surface area (Å²) in [4.78, 5) is 15.5. The Kier molecular flexibility index (Phi) is 6.50. The maximum absolute atomic E-state index is 13.3. The van der Waals surface area contributed by atoms with Gasteiger partial charge in [-0.1, -0.05) is 91.0 Å². The molecule has 1 N–H and O–H groups in total. The molecular formula is C27H29NO3. The van der Waals surface area contributed by atoms with E-state index in [0.717, 1.165) is 16.7 Å². The molecule has 0 bridgehead atoms. The summed E-state index contributed by atoms with van der Waals surface area (Å²) in [6.07, 6.45) is 0.815. The van der Waals surface area contributed by atoms with Crippen LogP contribution in [0.15, 0.2) is 91.0 Å². The van der Waals surface area contributed by atoms with Crippen molar-refractivity contribution >= 4 is 5.97 Å². The topological polar surface area (TPSA) is 49.8 Å². The molecule has 160 valence electrons. The van der Waals surface area contributed by atoms with Crippen molar-refractivity contribution in [2.75, 3.05) is 13.1 Å². The highest BCUT2D eigenvalue weighted by molar-refractivity contribution is 5.78. The van der Waals surface area contributed by atoms with Gasteiger partial charge in [-0.15, -0.1) is 0 Å². The Morgan fingerprint density at radius 3 is 1.87 bits per heavy atom. The van der Waals surface area contributed by atoms with E-state index in [1.807, 2.05) is 97.9 Å². The molecule has 1 aliphatic rings. The quantitative estimate of drug-likeness (QED) is 0.575. The van der Waals surface area contributed by atoms with Gasteiger partial charge in [0.15, 0.2) is 0 Å². The van der Waals surface area contributed by atoms with Crippen molar-refractivity contribution in [2.45, 2.75) is 37.5 Å². The summed E-state index contributed by atoms with van der Waals surface area (Å²) < 4.78 is 5.90. The van der Waals surface area contributed by atoms with Crippen LogP contribution in [-0.4, -0.2) is 29.1 Å². The number of carbonyl (C=O) groups is 1. The van der Waals surface area contributed by atoms with E-state index < -0.39 is 11.6 Å². The van der Waals surface area contributed by atoms with Gasteiger partial charge in [0.05, 0.1) is 5.60 Å². The summed E-state index contributed by atoms with van der Waals surface area (Å²) in [6, 6.07) is 28.9. The van der Waals surface area contributed by atoms with Crippen molar-refractivity contribution in [2.24, 2.45) is 0 Å². The van der Waals surface area contributed by atoms with E-state index in [1.165, 1.54) is 0 Å². The van der Waals surface area contributed by atoms with Gasteiger partial charge in [-0.25, -0.2) is 4.79 Å². The van der Waals surface area contributed by atoms with E-state index in [-0.39, 0.29) is 12.1 Å². The number of aliphatic hydroxyl groups is 1. The fourth-order valence-corrected chi connectivity index (χ4v) is 4.35. The monoisotopic (exact) mass is 415 g/mol. The van der Waals surface area contributed by atoms with Gasteiger partial charge in [-0.3, -0.25) is 4.90 Å². The number of likely N-dealkylation sites (tertiary alicyclic amines) is 1. The van der Waals surface area contributed by atoms with Crippen LogP contribution in [0.3, 0.4) is 0 Å². The number of hydrogen-bond donors (Lipinski definition) is 1. The summed E-state index contributed by atoms with van der Waals surface area (Å²) >= 11 is 0. The Labute approximate surface area is 184 Å². The molecule has 1 heterocycles. The minimum Gasteiger partial charge on any atom is -0.456 e. The molecule has 1 aliphatic heterocycles. The first-order valence-corrected chi connectivity index (χ1v) is 10.9. The third-order valence-corrected chi connectivity index (χ3v) is 6.20. The number of nitrogens with zero attached hydrogens (tertiary/aromatic N) is 1. The molecule has 1 unspecified atom stereocenters. The first kappa shape index (κ1) is 21.3. The van der Waals surface area contributed by atoms with E-state index in [1.54, 1.807) is 0 Å². The normalized spacial score (nSPS) is 18.1. The van der Waals surface area contributed by atoms with Crippen LogP contribution < -0.4 is 0 Å². The molecule has 2 atom stereocenters. The summed E-state index contributed by atoms with van der Waals surface area (Å²) in [5.74, 6) is -0.257. The van der Waals surface area contributed by atoms with Crippen molar-refractivity contribution in [3.63, 3.8) is 0 Å². The van der Waals surface area contributed by atoms with Gasteiger partial charge in [0, 0.05) is 13.1 Å². The molecule has 0 aromatic heterocycles. The Morgan fingerprint density at radius 1 is 0.839 bits per heavy atom. The van der Waals surface area contributed by atoms with E-state index in [2.05, 4.69) is 4.90 Å². The first-order chi connectivity index (χ1) is 15.1. The van der Waals surface area contributed by atoms with Crippen LogP contribution in [0.25, 0.3) is 0 Å². The lowest BCUT2D eigenvalue weighted by atomic mass is 9.83. The number of benzene rings is 3. The molecule has 0 spiro atoms. The van der Waals surface area contributed by atoms with E-state index in [9.17, 15) is 9.90 Å². The smallest absolute Gasteiger partial charge is 0.328 e. The molecule has 4 heteroatoms. The maximum atomic E-state index is 13.3. The van der Waals surface area contributed by atoms with Gasteiger partial charge >= 0.3 is 5.97 Å². The lowest BCUT2D eigenvalue weighted by molar-refractivity contribution is -0.157. The van der Waals surface area contributed by atoms with Crippen molar-refractivity contribution < 1.29 is 14.6 Å². The second-order valence-corrected chi connectivity index (χ2v) is 8.24. The number of ether oxygens (including phenoxy) is 1. The maximum Gasteiger partial charge on any atom is 0.328 e. The fourth-order valence-electron chi connectivity index (χ4n) is 4.35. The van der Waals surface area contributed by atoms with Crippen LogP contribution in [0, 0.1) is 0 Å². The zero-order valence-electron chi connectivity index (χ0n) is 17.9. The van der Waals surface area contributed by atoms with Gasteiger partial charge in [0.2, 0.25) is 0 Å². The second kappa shape index (κ2) is 9.46. The summed E-state index contributed by atoms with van der Waals surface area (Å²) in [7, 11) is 0. The first-order valence-electron chi connectivity index (χ1n) is 10.9. The average molecular weight is 416 g/mol. The summed E-state index contributed by atoms with van der Waals surface area (Å²) in [6.45, 7) is 3.12. The van der Waals surface area contributed by atoms with Crippen molar-refractivity contribution in [1.29, 1.82) is 0 Å². The predicted molar refractivity (Wildman–Crippen MR) is 121 cm³/mol. The molecule has 1 saturated heterocycles. The third-order valence-electron chi connectivity index (χ3n) is 6.20. The molecule has 0 aliphatic carbocycles. The van der Waals surface area contributed by atoms with Gasteiger partial charge in [0.1, 0.15) is 12.1 Å². The number of piperidine rings is 1. The molecule has 1 fully saturated rings. The number of rotatable bonds is 6. The molecule has 4 nitrogen and oxygen atoms in total. The highest BCUT2D eigenvalue weighted by atomic mass is 16.5. The molecular weight excluding hydrogens is 386 g/mol. The van der Waals surface area contributed by atoms with Crippen molar-refractivity contribution in [3.05, 3.63) is 108 Å². The number of esters is 1. The number of hydrogen-bond acceptors (Lipinski definition) is 4. The average Bonchev–Trinajstić information content (AvgIpc) is 2.82. The zero-order chi connectivity index (χ0) is 21.7. The molecule has 0 radical (unpaired) electrons. The van der Waals surface area contributed by atoms with Crippen LogP contribution in [0.1, 0.15) is 48.6 Å². The van der Waals surface area contributed by atoms with Gasteiger partial charge in [-0.2, -0.15) is 0 Å². The molecule has 0 amide bonds. The SMILES string of the molecule is C[C@@H](OC(=O)C(c1ccccc1)N1CCC(O)(c2ccccc2)CC1)c1ccccc1. The summed E-state index contributed by atoms with van der Waals surface area (Å²) in [5.41, 5.74) is 1.96. The van der Waals surface area contributed by atoms with Crippen LogP contribution >= 0.6 is 0 Å². The third kappa shape index (κ3) is 4.87. The van der Waals surface area contributed by atoms with Crippen LogP contribution in [0.4, 0.5) is 0 Å². The Bertz CT molecular complexity index is 967. The van der Waals surface area contributed by atoms with Crippen molar-refractivity contribution in [1.82, 2.24) is 4.90 Å².